The highest BCUT2D eigenvalue weighted by molar-refractivity contribution is 5.89. The normalized spacial score (nSPS) is 13.2. The second-order valence-electron chi connectivity index (χ2n) is 5.64. The molecule has 1 aromatic carbocycles. The Kier molecular flexibility index (Phi) is 7.21. The van der Waals surface area contributed by atoms with Crippen molar-refractivity contribution in [2.24, 2.45) is 11.7 Å². The lowest BCUT2D eigenvalue weighted by Crippen LogP contribution is -2.50. The second kappa shape index (κ2) is 8.89. The minimum absolute atomic E-state index is 0.257. The van der Waals surface area contributed by atoms with E-state index in [1.54, 1.807) is 13.8 Å². The molecule has 0 radical (unpaired) electrons. The predicted octanol–water partition coefficient (Wildman–Crippen LogP) is -0.102. The van der Waals surface area contributed by atoms with Gasteiger partial charge in [-0.3, -0.25) is 9.59 Å². The number of amides is 2. The van der Waals surface area contributed by atoms with Crippen LogP contribution >= 0.6 is 0 Å². The number of carboxylic acids is 1. The Morgan fingerprint density at radius 2 is 1.78 bits per heavy atom. The maximum atomic E-state index is 11.9. The van der Waals surface area contributed by atoms with Crippen LogP contribution in [0.25, 0.3) is 0 Å². The summed E-state index contributed by atoms with van der Waals surface area (Å²) in [6, 6.07) is 7.53. The molecule has 0 heterocycles. The topological polar surface area (TPSA) is 122 Å². The fourth-order valence-corrected chi connectivity index (χ4v) is 2.00. The van der Waals surface area contributed by atoms with Crippen LogP contribution in [-0.2, 0) is 20.8 Å². The van der Waals surface area contributed by atoms with E-state index in [2.05, 4.69) is 10.6 Å². The molecule has 0 spiro atoms. The number of hydrogen-bond donors (Lipinski definition) is 4. The van der Waals surface area contributed by atoms with Crippen molar-refractivity contribution < 1.29 is 19.5 Å². The highest BCUT2D eigenvalue weighted by atomic mass is 16.4. The van der Waals surface area contributed by atoms with Gasteiger partial charge in [-0.05, 0) is 17.9 Å². The molecule has 0 aliphatic rings. The van der Waals surface area contributed by atoms with E-state index in [4.69, 9.17) is 10.8 Å². The monoisotopic (exact) mass is 321 g/mol. The molecule has 7 heteroatoms. The SMILES string of the molecule is CC(C)C(NC(=O)CNC(=O)C(N)Cc1ccccc1)C(=O)O. The van der Waals surface area contributed by atoms with Gasteiger partial charge < -0.3 is 21.5 Å². The van der Waals surface area contributed by atoms with Gasteiger partial charge in [0.2, 0.25) is 11.8 Å². The van der Waals surface area contributed by atoms with Crippen molar-refractivity contribution >= 4 is 17.8 Å². The molecule has 126 valence electrons. The first-order chi connectivity index (χ1) is 10.8. The summed E-state index contributed by atoms with van der Waals surface area (Å²) in [4.78, 5) is 34.6. The van der Waals surface area contributed by atoms with Gasteiger partial charge in [-0.25, -0.2) is 4.79 Å². The van der Waals surface area contributed by atoms with E-state index < -0.39 is 29.9 Å². The van der Waals surface area contributed by atoms with Crippen LogP contribution in [0.2, 0.25) is 0 Å². The third kappa shape index (κ3) is 6.48. The zero-order chi connectivity index (χ0) is 17.4. The quantitative estimate of drug-likeness (QED) is 0.532. The third-order valence-corrected chi connectivity index (χ3v) is 3.31. The molecule has 0 aliphatic carbocycles. The highest BCUT2D eigenvalue weighted by Gasteiger charge is 2.23. The molecule has 5 N–H and O–H groups in total. The molecule has 0 aromatic heterocycles. The van der Waals surface area contributed by atoms with Gasteiger partial charge in [-0.15, -0.1) is 0 Å². The Morgan fingerprint density at radius 1 is 1.17 bits per heavy atom. The molecule has 0 fully saturated rings. The molecule has 2 unspecified atom stereocenters. The minimum Gasteiger partial charge on any atom is -0.480 e. The fourth-order valence-electron chi connectivity index (χ4n) is 2.00. The maximum Gasteiger partial charge on any atom is 0.326 e. The smallest absolute Gasteiger partial charge is 0.326 e. The predicted molar refractivity (Wildman–Crippen MR) is 85.5 cm³/mol. The Morgan fingerprint density at radius 3 is 2.30 bits per heavy atom. The number of aliphatic carboxylic acids is 1. The molecular weight excluding hydrogens is 298 g/mol. The lowest BCUT2D eigenvalue weighted by Gasteiger charge is -2.18. The number of benzene rings is 1. The Labute approximate surface area is 135 Å². The van der Waals surface area contributed by atoms with Gasteiger partial charge in [0.15, 0.2) is 0 Å². The van der Waals surface area contributed by atoms with Crippen molar-refractivity contribution in [3.63, 3.8) is 0 Å². The van der Waals surface area contributed by atoms with E-state index in [0.717, 1.165) is 5.56 Å². The molecule has 1 rings (SSSR count). The van der Waals surface area contributed by atoms with Gasteiger partial charge in [0, 0.05) is 0 Å². The Balaban J connectivity index is 2.42. The minimum atomic E-state index is -1.11. The molecule has 1 aromatic rings. The lowest BCUT2D eigenvalue weighted by atomic mass is 10.0. The number of carbonyl (C=O) groups is 3. The van der Waals surface area contributed by atoms with E-state index in [9.17, 15) is 14.4 Å². The zero-order valence-corrected chi connectivity index (χ0v) is 13.3. The van der Waals surface area contributed by atoms with E-state index in [0.29, 0.717) is 6.42 Å². The van der Waals surface area contributed by atoms with Gasteiger partial charge in [-0.2, -0.15) is 0 Å². The van der Waals surface area contributed by atoms with Crippen molar-refractivity contribution in [3.8, 4) is 0 Å². The first-order valence-electron chi connectivity index (χ1n) is 7.40. The maximum absolute atomic E-state index is 11.9. The molecule has 2 atom stereocenters. The Bertz CT molecular complexity index is 546. The van der Waals surface area contributed by atoms with Gasteiger partial charge in [-0.1, -0.05) is 44.2 Å². The lowest BCUT2D eigenvalue weighted by molar-refractivity contribution is -0.143. The van der Waals surface area contributed by atoms with Crippen LogP contribution < -0.4 is 16.4 Å². The largest absolute Gasteiger partial charge is 0.480 e. The number of nitrogens with one attached hydrogen (secondary N) is 2. The van der Waals surface area contributed by atoms with Crippen molar-refractivity contribution in [2.45, 2.75) is 32.4 Å². The van der Waals surface area contributed by atoms with Crippen molar-refractivity contribution in [3.05, 3.63) is 35.9 Å². The number of rotatable bonds is 8. The number of carbonyl (C=O) groups excluding carboxylic acids is 2. The van der Waals surface area contributed by atoms with Crippen LogP contribution in [-0.4, -0.2) is 41.5 Å². The van der Waals surface area contributed by atoms with Crippen LogP contribution in [0.5, 0.6) is 0 Å². The number of carboxylic acid groups (broad SMARTS) is 1. The van der Waals surface area contributed by atoms with E-state index >= 15 is 0 Å². The summed E-state index contributed by atoms with van der Waals surface area (Å²) in [5.74, 6) is -2.39. The summed E-state index contributed by atoms with van der Waals surface area (Å²) in [5.41, 5.74) is 6.72. The van der Waals surface area contributed by atoms with Crippen LogP contribution in [0, 0.1) is 5.92 Å². The van der Waals surface area contributed by atoms with Crippen molar-refractivity contribution in [2.75, 3.05) is 6.54 Å². The molecule has 0 saturated carbocycles. The highest BCUT2D eigenvalue weighted by Crippen LogP contribution is 2.02. The summed E-state index contributed by atoms with van der Waals surface area (Å²) in [5, 5.41) is 13.8. The average Bonchev–Trinajstić information content (AvgIpc) is 2.50. The third-order valence-electron chi connectivity index (χ3n) is 3.31. The standard InChI is InChI=1S/C16H23N3O4/c1-10(2)14(16(22)23)19-13(20)9-18-15(21)12(17)8-11-6-4-3-5-7-11/h3-7,10,12,14H,8-9,17H2,1-2H3,(H,18,21)(H,19,20)(H,22,23). The van der Waals surface area contributed by atoms with Gasteiger partial charge in [0.05, 0.1) is 12.6 Å². The van der Waals surface area contributed by atoms with E-state index in [1.807, 2.05) is 30.3 Å². The molecular formula is C16H23N3O4. The average molecular weight is 321 g/mol. The molecule has 0 aliphatic heterocycles. The van der Waals surface area contributed by atoms with Crippen LogP contribution in [0.3, 0.4) is 0 Å². The van der Waals surface area contributed by atoms with Crippen LogP contribution in [0.1, 0.15) is 19.4 Å². The van der Waals surface area contributed by atoms with Crippen LogP contribution in [0.15, 0.2) is 30.3 Å². The van der Waals surface area contributed by atoms with E-state index in [-0.39, 0.29) is 12.5 Å². The molecule has 0 saturated heterocycles. The van der Waals surface area contributed by atoms with Gasteiger partial charge in [0.25, 0.3) is 0 Å². The summed E-state index contributed by atoms with van der Waals surface area (Å²) < 4.78 is 0. The zero-order valence-electron chi connectivity index (χ0n) is 13.3. The molecule has 23 heavy (non-hydrogen) atoms. The number of hydrogen-bond acceptors (Lipinski definition) is 4. The van der Waals surface area contributed by atoms with Crippen molar-refractivity contribution in [1.29, 1.82) is 0 Å². The molecule has 0 bridgehead atoms. The van der Waals surface area contributed by atoms with E-state index in [1.165, 1.54) is 0 Å². The Hall–Kier alpha value is -2.41. The molecule has 2 amide bonds. The summed E-state index contributed by atoms with van der Waals surface area (Å²) in [7, 11) is 0. The summed E-state index contributed by atoms with van der Waals surface area (Å²) in [6.07, 6.45) is 0.359. The first kappa shape index (κ1) is 18.6. The van der Waals surface area contributed by atoms with Crippen molar-refractivity contribution in [1.82, 2.24) is 10.6 Å². The molecule has 7 nitrogen and oxygen atoms in total. The second-order valence-corrected chi connectivity index (χ2v) is 5.64. The summed E-state index contributed by atoms with van der Waals surface area (Å²) in [6.45, 7) is 3.07. The van der Waals surface area contributed by atoms with Gasteiger partial charge >= 0.3 is 5.97 Å². The first-order valence-corrected chi connectivity index (χ1v) is 7.40. The number of nitrogens with two attached hydrogens (primary N) is 1. The summed E-state index contributed by atoms with van der Waals surface area (Å²) >= 11 is 0. The van der Waals surface area contributed by atoms with Crippen LogP contribution in [0.4, 0.5) is 0 Å². The van der Waals surface area contributed by atoms with Gasteiger partial charge in [0.1, 0.15) is 6.04 Å². The fraction of sp³-hybridized carbons (Fsp3) is 0.438.